The van der Waals surface area contributed by atoms with Gasteiger partial charge in [-0.25, -0.2) is 4.98 Å². The molecular weight excluding hydrogens is 242 g/mol. The third-order valence-corrected chi connectivity index (χ3v) is 2.76. The van der Waals surface area contributed by atoms with E-state index in [-0.39, 0.29) is 0 Å². The second kappa shape index (κ2) is 6.09. The van der Waals surface area contributed by atoms with Crippen LogP contribution in [0.4, 0.5) is 0 Å². The Hall–Kier alpha value is -2.23. The van der Waals surface area contributed by atoms with Crippen molar-refractivity contribution in [3.8, 4) is 17.4 Å². The first-order chi connectivity index (χ1) is 9.26. The molecule has 1 aromatic heterocycles. The summed E-state index contributed by atoms with van der Waals surface area (Å²) < 4.78 is 16.3. The molecule has 2 rings (SSSR count). The molecule has 2 aromatic rings. The van der Waals surface area contributed by atoms with Gasteiger partial charge in [0.25, 0.3) is 5.88 Å². The van der Waals surface area contributed by atoms with Gasteiger partial charge in [-0.05, 0) is 12.5 Å². The van der Waals surface area contributed by atoms with Crippen LogP contribution in [0.25, 0.3) is 0 Å². The zero-order valence-corrected chi connectivity index (χ0v) is 11.3. The fourth-order valence-electron chi connectivity index (χ4n) is 1.78. The lowest BCUT2D eigenvalue weighted by atomic mass is 10.2. The SMILES string of the molecule is COc1ncc(C)c(OCc2ccccc2)c1OC. The molecule has 0 spiro atoms. The van der Waals surface area contributed by atoms with Gasteiger partial charge in [-0.15, -0.1) is 0 Å². The zero-order valence-electron chi connectivity index (χ0n) is 11.3. The maximum atomic E-state index is 5.84. The molecule has 4 heteroatoms. The maximum absolute atomic E-state index is 5.84. The van der Waals surface area contributed by atoms with E-state index >= 15 is 0 Å². The molecule has 1 aromatic carbocycles. The molecule has 0 N–H and O–H groups in total. The Morgan fingerprint density at radius 3 is 2.37 bits per heavy atom. The van der Waals surface area contributed by atoms with Gasteiger partial charge >= 0.3 is 0 Å². The largest absolute Gasteiger partial charge is 0.489 e. The number of pyridine rings is 1. The number of benzene rings is 1. The first-order valence-electron chi connectivity index (χ1n) is 6.00. The summed E-state index contributed by atoms with van der Waals surface area (Å²) in [5, 5.41) is 0. The van der Waals surface area contributed by atoms with Crippen LogP contribution in [0, 0.1) is 6.92 Å². The Morgan fingerprint density at radius 1 is 1.00 bits per heavy atom. The standard InChI is InChI=1S/C15H17NO3/c1-11-9-16-15(18-3)14(17-2)13(11)19-10-12-7-5-4-6-8-12/h4-9H,10H2,1-3H3. The number of rotatable bonds is 5. The van der Waals surface area contributed by atoms with E-state index < -0.39 is 0 Å². The molecule has 0 amide bonds. The van der Waals surface area contributed by atoms with Crippen LogP contribution in [-0.4, -0.2) is 19.2 Å². The number of aromatic nitrogens is 1. The normalized spacial score (nSPS) is 10.1. The molecule has 0 fully saturated rings. The van der Waals surface area contributed by atoms with Gasteiger partial charge in [0.05, 0.1) is 14.2 Å². The molecule has 0 aliphatic rings. The smallest absolute Gasteiger partial charge is 0.260 e. The van der Waals surface area contributed by atoms with Gasteiger partial charge < -0.3 is 14.2 Å². The highest BCUT2D eigenvalue weighted by Crippen LogP contribution is 2.37. The van der Waals surface area contributed by atoms with Gasteiger partial charge in [0, 0.05) is 11.8 Å². The molecule has 4 nitrogen and oxygen atoms in total. The van der Waals surface area contributed by atoms with Gasteiger partial charge in [0.1, 0.15) is 6.61 Å². The van der Waals surface area contributed by atoms with Gasteiger partial charge in [-0.2, -0.15) is 0 Å². The van der Waals surface area contributed by atoms with Crippen LogP contribution in [0.15, 0.2) is 36.5 Å². The zero-order chi connectivity index (χ0) is 13.7. The number of methoxy groups -OCH3 is 2. The monoisotopic (exact) mass is 259 g/mol. The maximum Gasteiger partial charge on any atom is 0.260 e. The fourth-order valence-corrected chi connectivity index (χ4v) is 1.78. The van der Waals surface area contributed by atoms with Crippen molar-refractivity contribution >= 4 is 0 Å². The van der Waals surface area contributed by atoms with Crippen LogP contribution < -0.4 is 14.2 Å². The average molecular weight is 259 g/mol. The molecule has 0 aliphatic carbocycles. The predicted octanol–water partition coefficient (Wildman–Crippen LogP) is 2.99. The van der Waals surface area contributed by atoms with E-state index in [9.17, 15) is 0 Å². The van der Waals surface area contributed by atoms with Gasteiger partial charge in [-0.1, -0.05) is 30.3 Å². The Bertz CT molecular complexity index is 541. The Morgan fingerprint density at radius 2 is 1.74 bits per heavy atom. The van der Waals surface area contributed by atoms with E-state index in [4.69, 9.17) is 14.2 Å². The lowest BCUT2D eigenvalue weighted by Crippen LogP contribution is -2.02. The van der Waals surface area contributed by atoms with E-state index in [2.05, 4.69) is 4.98 Å². The summed E-state index contributed by atoms with van der Waals surface area (Å²) in [5.41, 5.74) is 2.01. The van der Waals surface area contributed by atoms with E-state index in [1.807, 2.05) is 37.3 Å². The summed E-state index contributed by atoms with van der Waals surface area (Å²) in [6.45, 7) is 2.40. The van der Waals surface area contributed by atoms with E-state index in [0.717, 1.165) is 11.1 Å². The van der Waals surface area contributed by atoms with E-state index in [0.29, 0.717) is 24.0 Å². The molecule has 19 heavy (non-hydrogen) atoms. The molecule has 0 saturated carbocycles. The molecule has 0 saturated heterocycles. The van der Waals surface area contributed by atoms with Crippen LogP contribution in [0.5, 0.6) is 17.4 Å². The minimum Gasteiger partial charge on any atom is -0.489 e. The third-order valence-electron chi connectivity index (χ3n) is 2.76. The van der Waals surface area contributed by atoms with Gasteiger partial charge in [0.2, 0.25) is 5.75 Å². The molecule has 0 bridgehead atoms. The first kappa shape index (κ1) is 13.2. The van der Waals surface area contributed by atoms with Crippen LogP contribution in [0.2, 0.25) is 0 Å². The predicted molar refractivity (Wildman–Crippen MR) is 72.9 cm³/mol. The van der Waals surface area contributed by atoms with Crippen molar-refractivity contribution in [3.63, 3.8) is 0 Å². The van der Waals surface area contributed by atoms with E-state index in [1.165, 1.54) is 0 Å². The van der Waals surface area contributed by atoms with Crippen molar-refractivity contribution < 1.29 is 14.2 Å². The molecule has 0 unspecified atom stereocenters. The van der Waals surface area contributed by atoms with Crippen LogP contribution in [-0.2, 0) is 6.61 Å². The quantitative estimate of drug-likeness (QED) is 0.827. The van der Waals surface area contributed by atoms with E-state index in [1.54, 1.807) is 20.4 Å². The number of aryl methyl sites for hydroxylation is 1. The van der Waals surface area contributed by atoms with Crippen molar-refractivity contribution in [2.75, 3.05) is 14.2 Å². The van der Waals surface area contributed by atoms with Crippen LogP contribution in [0.3, 0.4) is 0 Å². The summed E-state index contributed by atoms with van der Waals surface area (Å²) in [4.78, 5) is 4.16. The van der Waals surface area contributed by atoms with Crippen molar-refractivity contribution in [2.45, 2.75) is 13.5 Å². The summed E-state index contributed by atoms with van der Waals surface area (Å²) in [6, 6.07) is 9.97. The first-order valence-corrected chi connectivity index (χ1v) is 6.00. The van der Waals surface area contributed by atoms with Crippen LogP contribution >= 0.6 is 0 Å². The third kappa shape index (κ3) is 2.96. The number of nitrogens with zero attached hydrogens (tertiary/aromatic N) is 1. The minimum atomic E-state index is 0.427. The van der Waals surface area contributed by atoms with Crippen molar-refractivity contribution in [3.05, 3.63) is 47.7 Å². The minimum absolute atomic E-state index is 0.427. The highest BCUT2D eigenvalue weighted by molar-refractivity contribution is 5.51. The molecular formula is C15H17NO3. The lowest BCUT2D eigenvalue weighted by molar-refractivity contribution is 0.270. The Kier molecular flexibility index (Phi) is 4.23. The molecule has 1 heterocycles. The topological polar surface area (TPSA) is 40.6 Å². The summed E-state index contributed by atoms with van der Waals surface area (Å²) in [6.07, 6.45) is 1.71. The number of hydrogen-bond donors (Lipinski definition) is 0. The second-order valence-electron chi connectivity index (χ2n) is 4.09. The lowest BCUT2D eigenvalue weighted by Gasteiger charge is -2.15. The highest BCUT2D eigenvalue weighted by Gasteiger charge is 2.15. The second-order valence-corrected chi connectivity index (χ2v) is 4.09. The average Bonchev–Trinajstić information content (AvgIpc) is 2.46. The Labute approximate surface area is 113 Å². The molecule has 0 radical (unpaired) electrons. The number of ether oxygens (including phenoxy) is 3. The molecule has 100 valence electrons. The molecule has 0 atom stereocenters. The summed E-state index contributed by atoms with van der Waals surface area (Å²) >= 11 is 0. The summed E-state index contributed by atoms with van der Waals surface area (Å²) in [5.74, 6) is 1.62. The van der Waals surface area contributed by atoms with Crippen molar-refractivity contribution in [1.82, 2.24) is 4.98 Å². The van der Waals surface area contributed by atoms with Crippen molar-refractivity contribution in [2.24, 2.45) is 0 Å². The Balaban J connectivity index is 2.24. The van der Waals surface area contributed by atoms with Crippen LogP contribution in [0.1, 0.15) is 11.1 Å². The highest BCUT2D eigenvalue weighted by atomic mass is 16.5. The molecule has 0 aliphatic heterocycles. The van der Waals surface area contributed by atoms with Gasteiger partial charge in [0.15, 0.2) is 5.75 Å². The number of hydrogen-bond acceptors (Lipinski definition) is 4. The van der Waals surface area contributed by atoms with Crippen molar-refractivity contribution in [1.29, 1.82) is 0 Å². The fraction of sp³-hybridized carbons (Fsp3) is 0.267. The summed E-state index contributed by atoms with van der Waals surface area (Å²) in [7, 11) is 3.13. The van der Waals surface area contributed by atoms with Gasteiger partial charge in [-0.3, -0.25) is 0 Å².